The van der Waals surface area contributed by atoms with Gasteiger partial charge < -0.3 is 5.32 Å². The molecule has 0 amide bonds. The third-order valence-corrected chi connectivity index (χ3v) is 3.23. The molecule has 0 aliphatic carbocycles. The quantitative estimate of drug-likeness (QED) is 0.932. The van der Waals surface area contributed by atoms with Crippen molar-refractivity contribution in [3.63, 3.8) is 0 Å². The lowest BCUT2D eigenvalue weighted by molar-refractivity contribution is 0.766. The number of aromatic nitrogens is 3. The van der Waals surface area contributed by atoms with Crippen LogP contribution in [0, 0.1) is 0 Å². The van der Waals surface area contributed by atoms with E-state index in [1.54, 1.807) is 22.3 Å². The Labute approximate surface area is 94.1 Å². The minimum absolute atomic E-state index is 0.662. The van der Waals surface area contributed by atoms with Crippen LogP contribution in [0.1, 0.15) is 5.56 Å². The molecule has 0 bridgehead atoms. The summed E-state index contributed by atoms with van der Waals surface area (Å²) in [7, 11) is 1.85. The average molecular weight is 273 g/mol. The zero-order chi connectivity index (χ0) is 9.97. The van der Waals surface area contributed by atoms with Crippen molar-refractivity contribution in [2.45, 2.75) is 6.54 Å². The molecule has 0 fully saturated rings. The summed E-state index contributed by atoms with van der Waals surface area (Å²) >= 11 is 5.09. The molecule has 74 valence electrons. The van der Waals surface area contributed by atoms with E-state index in [2.05, 4.69) is 42.8 Å². The first kappa shape index (κ1) is 9.67. The fourth-order valence-electron chi connectivity index (χ4n) is 1.04. The SMILES string of the molecule is Cn1cnc(NCc2csc(Br)c2)n1. The van der Waals surface area contributed by atoms with Gasteiger partial charge in [-0.3, -0.25) is 4.68 Å². The van der Waals surface area contributed by atoms with Crippen LogP contribution in [0.2, 0.25) is 0 Å². The van der Waals surface area contributed by atoms with Crippen molar-refractivity contribution in [1.29, 1.82) is 0 Å². The Morgan fingerprint density at radius 1 is 1.64 bits per heavy atom. The van der Waals surface area contributed by atoms with Crippen LogP contribution in [0.15, 0.2) is 21.6 Å². The van der Waals surface area contributed by atoms with Crippen LogP contribution in [0.25, 0.3) is 0 Å². The smallest absolute Gasteiger partial charge is 0.242 e. The number of thiophene rings is 1. The van der Waals surface area contributed by atoms with E-state index >= 15 is 0 Å². The van der Waals surface area contributed by atoms with Crippen LogP contribution in [0.5, 0.6) is 0 Å². The number of halogens is 1. The predicted octanol–water partition coefficient (Wildman–Crippen LogP) is 2.25. The van der Waals surface area contributed by atoms with Crippen LogP contribution in [-0.4, -0.2) is 14.8 Å². The average Bonchev–Trinajstić information content (AvgIpc) is 2.72. The van der Waals surface area contributed by atoms with Crippen LogP contribution < -0.4 is 5.32 Å². The molecular formula is C8H9BrN4S. The fourth-order valence-corrected chi connectivity index (χ4v) is 2.25. The van der Waals surface area contributed by atoms with E-state index in [-0.39, 0.29) is 0 Å². The third kappa shape index (κ3) is 2.33. The van der Waals surface area contributed by atoms with Gasteiger partial charge in [0.05, 0.1) is 3.79 Å². The zero-order valence-corrected chi connectivity index (χ0v) is 9.97. The monoisotopic (exact) mass is 272 g/mol. The number of anilines is 1. The van der Waals surface area contributed by atoms with Crippen LogP contribution >= 0.6 is 27.3 Å². The largest absolute Gasteiger partial charge is 0.349 e. The van der Waals surface area contributed by atoms with Gasteiger partial charge in [0.25, 0.3) is 0 Å². The molecular weight excluding hydrogens is 264 g/mol. The summed E-state index contributed by atoms with van der Waals surface area (Å²) < 4.78 is 2.81. The van der Waals surface area contributed by atoms with Crippen molar-refractivity contribution in [2.75, 3.05) is 5.32 Å². The van der Waals surface area contributed by atoms with Gasteiger partial charge in [0.15, 0.2) is 0 Å². The van der Waals surface area contributed by atoms with E-state index in [1.165, 1.54) is 5.56 Å². The summed E-state index contributed by atoms with van der Waals surface area (Å²) in [4.78, 5) is 4.07. The maximum Gasteiger partial charge on any atom is 0.242 e. The second-order valence-electron chi connectivity index (χ2n) is 2.85. The molecule has 2 aromatic heterocycles. The van der Waals surface area contributed by atoms with Crippen molar-refractivity contribution >= 4 is 33.2 Å². The first-order valence-corrected chi connectivity index (χ1v) is 5.74. The highest BCUT2D eigenvalue weighted by Crippen LogP contribution is 2.20. The molecule has 2 rings (SSSR count). The van der Waals surface area contributed by atoms with Gasteiger partial charge in [-0.15, -0.1) is 16.4 Å². The molecule has 0 aliphatic rings. The highest BCUT2D eigenvalue weighted by Gasteiger charge is 1.99. The lowest BCUT2D eigenvalue weighted by Gasteiger charge is -1.97. The summed E-state index contributed by atoms with van der Waals surface area (Å²) in [6, 6.07) is 2.08. The Balaban J connectivity index is 1.94. The first-order chi connectivity index (χ1) is 6.74. The third-order valence-electron chi connectivity index (χ3n) is 1.67. The van der Waals surface area contributed by atoms with Crippen molar-refractivity contribution in [3.05, 3.63) is 27.1 Å². The molecule has 4 nitrogen and oxygen atoms in total. The number of hydrogen-bond acceptors (Lipinski definition) is 4. The standard InChI is InChI=1S/C8H9BrN4S/c1-13-5-11-8(12-13)10-3-6-2-7(9)14-4-6/h2,4-5H,3H2,1H3,(H,10,12). The molecule has 0 saturated carbocycles. The normalized spacial score (nSPS) is 10.4. The number of rotatable bonds is 3. The Morgan fingerprint density at radius 2 is 2.50 bits per heavy atom. The molecule has 14 heavy (non-hydrogen) atoms. The van der Waals surface area contributed by atoms with Crippen molar-refractivity contribution in [1.82, 2.24) is 14.8 Å². The Bertz CT molecular complexity index is 382. The number of nitrogens with zero attached hydrogens (tertiary/aromatic N) is 3. The summed E-state index contributed by atoms with van der Waals surface area (Å²) in [6.45, 7) is 0.756. The van der Waals surface area contributed by atoms with E-state index in [1.807, 2.05) is 7.05 Å². The lowest BCUT2D eigenvalue weighted by Crippen LogP contribution is -2.00. The topological polar surface area (TPSA) is 42.7 Å². The molecule has 0 unspecified atom stereocenters. The fraction of sp³-hybridized carbons (Fsp3) is 0.250. The number of aryl methyl sites for hydroxylation is 1. The molecule has 0 spiro atoms. The van der Waals surface area contributed by atoms with Gasteiger partial charge in [-0.2, -0.15) is 0 Å². The molecule has 0 aliphatic heterocycles. The summed E-state index contributed by atoms with van der Waals surface area (Å²) in [5, 5.41) is 9.35. The van der Waals surface area contributed by atoms with Gasteiger partial charge in [-0.25, -0.2) is 4.98 Å². The number of nitrogens with one attached hydrogen (secondary N) is 1. The van der Waals surface area contributed by atoms with Gasteiger partial charge in [-0.1, -0.05) is 0 Å². The molecule has 6 heteroatoms. The molecule has 1 N–H and O–H groups in total. The molecule has 0 atom stereocenters. The summed E-state index contributed by atoms with van der Waals surface area (Å²) in [5.41, 5.74) is 1.23. The highest BCUT2D eigenvalue weighted by molar-refractivity contribution is 9.11. The van der Waals surface area contributed by atoms with E-state index in [4.69, 9.17) is 0 Å². The molecule has 0 radical (unpaired) electrons. The maximum absolute atomic E-state index is 4.12. The van der Waals surface area contributed by atoms with Crippen molar-refractivity contribution < 1.29 is 0 Å². The predicted molar refractivity (Wildman–Crippen MR) is 60.3 cm³/mol. The second-order valence-corrected chi connectivity index (χ2v) is 5.14. The Kier molecular flexibility index (Phi) is 2.83. The minimum Gasteiger partial charge on any atom is -0.349 e. The van der Waals surface area contributed by atoms with Crippen LogP contribution in [0.3, 0.4) is 0 Å². The number of hydrogen-bond donors (Lipinski definition) is 1. The van der Waals surface area contributed by atoms with Gasteiger partial charge in [0.2, 0.25) is 5.95 Å². The van der Waals surface area contributed by atoms with Crippen molar-refractivity contribution in [3.8, 4) is 0 Å². The Hall–Kier alpha value is -0.880. The molecule has 2 aromatic rings. The van der Waals surface area contributed by atoms with Gasteiger partial charge in [0, 0.05) is 13.6 Å². The van der Waals surface area contributed by atoms with Gasteiger partial charge in [0.1, 0.15) is 6.33 Å². The first-order valence-electron chi connectivity index (χ1n) is 4.06. The van der Waals surface area contributed by atoms with E-state index in [0.29, 0.717) is 5.95 Å². The molecule has 0 saturated heterocycles. The van der Waals surface area contributed by atoms with Gasteiger partial charge >= 0.3 is 0 Å². The molecule has 0 aromatic carbocycles. The maximum atomic E-state index is 4.12. The highest BCUT2D eigenvalue weighted by atomic mass is 79.9. The molecule has 2 heterocycles. The van der Waals surface area contributed by atoms with E-state index < -0.39 is 0 Å². The van der Waals surface area contributed by atoms with Crippen molar-refractivity contribution in [2.24, 2.45) is 7.05 Å². The minimum atomic E-state index is 0.662. The van der Waals surface area contributed by atoms with Crippen LogP contribution in [0.4, 0.5) is 5.95 Å². The Morgan fingerprint density at radius 3 is 3.07 bits per heavy atom. The van der Waals surface area contributed by atoms with Crippen LogP contribution in [-0.2, 0) is 13.6 Å². The second kappa shape index (κ2) is 4.10. The zero-order valence-electron chi connectivity index (χ0n) is 7.57. The van der Waals surface area contributed by atoms with E-state index in [9.17, 15) is 0 Å². The summed E-state index contributed by atoms with van der Waals surface area (Å²) in [5.74, 6) is 0.662. The lowest BCUT2D eigenvalue weighted by atomic mass is 10.3. The van der Waals surface area contributed by atoms with E-state index in [0.717, 1.165) is 10.3 Å². The summed E-state index contributed by atoms with van der Waals surface area (Å²) in [6.07, 6.45) is 1.67. The van der Waals surface area contributed by atoms with Gasteiger partial charge in [-0.05, 0) is 32.9 Å².